The Bertz CT molecular complexity index is 505. The van der Waals surface area contributed by atoms with Crippen molar-refractivity contribution in [3.63, 3.8) is 0 Å². The predicted octanol–water partition coefficient (Wildman–Crippen LogP) is 4.29. The molecule has 8 nitrogen and oxygen atoms in total. The van der Waals surface area contributed by atoms with Crippen LogP contribution in [0.25, 0.3) is 0 Å². The first-order valence-electron chi connectivity index (χ1n) is 11.2. The molecule has 1 aliphatic rings. The Morgan fingerprint density at radius 3 is 2.09 bits per heavy atom. The minimum absolute atomic E-state index is 0.365. The van der Waals surface area contributed by atoms with E-state index in [2.05, 4.69) is 41.7 Å². The number of nitrogens with zero attached hydrogens (tertiary/aromatic N) is 1. The molecule has 0 spiro atoms. The van der Waals surface area contributed by atoms with Crippen molar-refractivity contribution in [2.45, 2.75) is 91.7 Å². The van der Waals surface area contributed by atoms with E-state index in [1.165, 1.54) is 32.8 Å². The molecule has 2 amide bonds. The van der Waals surface area contributed by atoms with E-state index in [1.54, 1.807) is 20.8 Å². The summed E-state index contributed by atoms with van der Waals surface area (Å²) in [6.07, 6.45) is 7.94. The molecule has 32 heavy (non-hydrogen) atoms. The Kier molecular flexibility index (Phi) is 22.4. The smallest absolute Gasteiger partial charge is 0.405 e. The standard InChI is InChI=1S/C16H29NO.C5H11NO2.C2H4O2.CH4O/c1-5-13(2)8-6-9-14(3)12-16(18)17-11-7-10-15(17)4;1-5(2,3)8-4(6)7;1-4-2-3;1-2/h5,13-15H,1,6-12H2,2-4H3;1-3H3,(H2,6,7);2H,1H3;2H,1H3. The van der Waals surface area contributed by atoms with Crippen molar-refractivity contribution in [2.24, 2.45) is 17.6 Å². The van der Waals surface area contributed by atoms with Crippen LogP contribution in [0.3, 0.4) is 0 Å². The van der Waals surface area contributed by atoms with Gasteiger partial charge < -0.3 is 25.2 Å². The topological polar surface area (TPSA) is 119 Å². The molecule has 1 saturated heterocycles. The number of aliphatic hydroxyl groups is 1. The second kappa shape index (κ2) is 20.8. The third kappa shape index (κ3) is 22.6. The van der Waals surface area contributed by atoms with Crippen molar-refractivity contribution in [3.8, 4) is 0 Å². The molecule has 190 valence electrons. The number of allylic oxidation sites excluding steroid dienone is 1. The van der Waals surface area contributed by atoms with E-state index in [0.29, 0.717) is 30.3 Å². The number of primary amides is 1. The van der Waals surface area contributed by atoms with Gasteiger partial charge in [-0.1, -0.05) is 32.8 Å². The highest BCUT2D eigenvalue weighted by Gasteiger charge is 2.25. The Labute approximate surface area is 195 Å². The van der Waals surface area contributed by atoms with E-state index in [1.807, 2.05) is 6.08 Å². The van der Waals surface area contributed by atoms with Crippen molar-refractivity contribution >= 4 is 18.5 Å². The van der Waals surface area contributed by atoms with E-state index in [9.17, 15) is 9.59 Å². The minimum Gasteiger partial charge on any atom is -0.471 e. The predicted molar refractivity (Wildman–Crippen MR) is 129 cm³/mol. The number of hydrogen-bond donors (Lipinski definition) is 2. The Morgan fingerprint density at radius 1 is 1.25 bits per heavy atom. The number of ether oxygens (including phenoxy) is 2. The van der Waals surface area contributed by atoms with Crippen LogP contribution < -0.4 is 5.73 Å². The molecular weight excluding hydrogens is 412 g/mol. The largest absolute Gasteiger partial charge is 0.471 e. The summed E-state index contributed by atoms with van der Waals surface area (Å²) in [5, 5.41) is 7.00. The normalized spacial score (nSPS) is 16.4. The highest BCUT2D eigenvalue weighted by molar-refractivity contribution is 5.77. The van der Waals surface area contributed by atoms with Crippen LogP contribution >= 0.6 is 0 Å². The van der Waals surface area contributed by atoms with Gasteiger partial charge >= 0.3 is 6.09 Å². The van der Waals surface area contributed by atoms with E-state index in [0.717, 1.165) is 26.5 Å². The van der Waals surface area contributed by atoms with Gasteiger partial charge in [0.05, 0.1) is 7.11 Å². The number of methoxy groups -OCH3 is 1. The van der Waals surface area contributed by atoms with Gasteiger partial charge in [-0.15, -0.1) is 6.58 Å². The molecule has 1 aliphatic heterocycles. The average molecular weight is 461 g/mol. The molecule has 0 saturated carbocycles. The summed E-state index contributed by atoms with van der Waals surface area (Å²) in [6.45, 7) is 17.0. The zero-order valence-electron chi connectivity index (χ0n) is 21.6. The second-order valence-corrected chi connectivity index (χ2v) is 8.90. The summed E-state index contributed by atoms with van der Waals surface area (Å²) in [4.78, 5) is 33.2. The fourth-order valence-electron chi connectivity index (χ4n) is 3.03. The first-order chi connectivity index (χ1) is 14.9. The van der Waals surface area contributed by atoms with Crippen LogP contribution in [0.2, 0.25) is 0 Å². The molecule has 3 unspecified atom stereocenters. The molecular formula is C24H48N2O6. The number of nitrogens with two attached hydrogens (primary N) is 1. The number of rotatable bonds is 8. The van der Waals surface area contributed by atoms with Crippen LogP contribution in [0, 0.1) is 11.8 Å². The zero-order valence-corrected chi connectivity index (χ0v) is 21.6. The molecule has 1 fully saturated rings. The maximum absolute atomic E-state index is 12.1. The first-order valence-corrected chi connectivity index (χ1v) is 11.2. The Balaban J connectivity index is -0.000000498. The van der Waals surface area contributed by atoms with Gasteiger partial charge in [0.15, 0.2) is 0 Å². The van der Waals surface area contributed by atoms with Crippen molar-refractivity contribution in [1.82, 2.24) is 4.90 Å². The molecule has 1 heterocycles. The van der Waals surface area contributed by atoms with Crippen LogP contribution in [0.4, 0.5) is 4.79 Å². The summed E-state index contributed by atoms with van der Waals surface area (Å²) >= 11 is 0. The van der Waals surface area contributed by atoms with Crippen LogP contribution in [-0.2, 0) is 19.1 Å². The van der Waals surface area contributed by atoms with E-state index >= 15 is 0 Å². The summed E-state index contributed by atoms with van der Waals surface area (Å²) in [6, 6.07) is 0.463. The van der Waals surface area contributed by atoms with Gasteiger partial charge in [0, 0.05) is 26.1 Å². The van der Waals surface area contributed by atoms with Gasteiger partial charge in [-0.2, -0.15) is 0 Å². The molecule has 0 aromatic rings. The van der Waals surface area contributed by atoms with Crippen molar-refractivity contribution in [3.05, 3.63) is 12.7 Å². The lowest BCUT2D eigenvalue weighted by atomic mass is 9.96. The zero-order chi connectivity index (χ0) is 25.7. The quantitative estimate of drug-likeness (QED) is 0.412. The summed E-state index contributed by atoms with van der Waals surface area (Å²) in [7, 11) is 2.31. The third-order valence-corrected chi connectivity index (χ3v) is 4.66. The monoisotopic (exact) mass is 460 g/mol. The van der Waals surface area contributed by atoms with E-state index in [4.69, 9.17) is 15.6 Å². The van der Waals surface area contributed by atoms with Gasteiger partial charge in [-0.05, 0) is 58.8 Å². The minimum atomic E-state index is -0.725. The average Bonchev–Trinajstić information content (AvgIpc) is 3.14. The lowest BCUT2D eigenvalue weighted by Gasteiger charge is -2.23. The first kappa shape index (κ1) is 34.5. The Morgan fingerprint density at radius 2 is 1.78 bits per heavy atom. The van der Waals surface area contributed by atoms with Gasteiger partial charge in [-0.25, -0.2) is 4.79 Å². The molecule has 1 rings (SSSR count). The second-order valence-electron chi connectivity index (χ2n) is 8.90. The molecule has 8 heteroatoms. The molecule has 0 aliphatic carbocycles. The number of likely N-dealkylation sites (tertiary alicyclic amines) is 1. The van der Waals surface area contributed by atoms with Crippen LogP contribution in [0.15, 0.2) is 12.7 Å². The molecule has 3 atom stereocenters. The summed E-state index contributed by atoms with van der Waals surface area (Å²) in [5.41, 5.74) is 4.26. The number of carbonyl (C=O) groups excluding carboxylic acids is 3. The molecule has 0 radical (unpaired) electrons. The van der Waals surface area contributed by atoms with Gasteiger partial charge in [0.2, 0.25) is 5.91 Å². The maximum atomic E-state index is 12.1. The van der Waals surface area contributed by atoms with E-state index in [-0.39, 0.29) is 0 Å². The summed E-state index contributed by atoms with van der Waals surface area (Å²) < 4.78 is 8.44. The number of aliphatic hydroxyl groups excluding tert-OH is 1. The number of carbonyl (C=O) groups is 3. The van der Waals surface area contributed by atoms with Crippen LogP contribution in [-0.4, -0.2) is 60.9 Å². The highest BCUT2D eigenvalue weighted by Crippen LogP contribution is 2.21. The SMILES string of the molecule is C=CC(C)CCCC(C)CC(=O)N1CCCC1C.CC(C)(C)OC(N)=O.CO.COC=O. The molecule has 3 N–H and O–H groups in total. The number of hydrogen-bond acceptors (Lipinski definition) is 6. The van der Waals surface area contributed by atoms with Crippen LogP contribution in [0.5, 0.6) is 0 Å². The van der Waals surface area contributed by atoms with Crippen molar-refractivity contribution in [2.75, 3.05) is 20.8 Å². The maximum Gasteiger partial charge on any atom is 0.405 e. The highest BCUT2D eigenvalue weighted by atomic mass is 16.6. The fourth-order valence-corrected chi connectivity index (χ4v) is 3.03. The Hall–Kier alpha value is -2.09. The van der Waals surface area contributed by atoms with Crippen molar-refractivity contribution in [1.29, 1.82) is 0 Å². The van der Waals surface area contributed by atoms with E-state index < -0.39 is 11.7 Å². The molecule has 0 aromatic carbocycles. The third-order valence-electron chi connectivity index (χ3n) is 4.66. The van der Waals surface area contributed by atoms with Crippen LogP contribution in [0.1, 0.15) is 80.1 Å². The molecule has 0 aromatic heterocycles. The van der Waals surface area contributed by atoms with Crippen molar-refractivity contribution < 1.29 is 29.0 Å². The lowest BCUT2D eigenvalue weighted by molar-refractivity contribution is -0.132. The fraction of sp³-hybridized carbons (Fsp3) is 0.792. The molecule has 0 bridgehead atoms. The number of amides is 2. The van der Waals surface area contributed by atoms with Gasteiger partial charge in [0.25, 0.3) is 6.47 Å². The summed E-state index contributed by atoms with van der Waals surface area (Å²) in [5.74, 6) is 1.48. The van der Waals surface area contributed by atoms with Gasteiger partial charge in [-0.3, -0.25) is 9.59 Å². The van der Waals surface area contributed by atoms with Gasteiger partial charge in [0.1, 0.15) is 5.60 Å². The lowest BCUT2D eigenvalue weighted by Crippen LogP contribution is -2.34.